The molecule has 0 fully saturated rings. The van der Waals surface area contributed by atoms with Gasteiger partial charge in [-0.3, -0.25) is 0 Å². The molecule has 2 unspecified atom stereocenters. The van der Waals surface area contributed by atoms with E-state index in [4.69, 9.17) is 4.74 Å². The van der Waals surface area contributed by atoms with Gasteiger partial charge in [-0.05, 0) is 127 Å². The van der Waals surface area contributed by atoms with Gasteiger partial charge in [0.1, 0.15) is 11.9 Å². The first-order chi connectivity index (χ1) is 28.0. The summed E-state index contributed by atoms with van der Waals surface area (Å²) in [5.74, 6) is 0.930. The molecule has 3 aliphatic rings. The lowest BCUT2D eigenvalue weighted by molar-refractivity contribution is 0.264. The molecule has 11 rings (SSSR count). The van der Waals surface area contributed by atoms with Gasteiger partial charge in [0.25, 0.3) is 0 Å². The second-order valence-electron chi connectivity index (χ2n) is 16.0. The molecule has 57 heavy (non-hydrogen) atoms. The van der Waals surface area contributed by atoms with Crippen LogP contribution >= 0.6 is 0 Å². The molecule has 8 aromatic carbocycles. The highest BCUT2D eigenvalue weighted by molar-refractivity contribution is 6.02. The van der Waals surface area contributed by atoms with Crippen molar-refractivity contribution in [3.63, 3.8) is 0 Å². The number of allylic oxidation sites excluding steroid dienone is 2. The highest BCUT2D eigenvalue weighted by atomic mass is 16.5. The van der Waals surface area contributed by atoms with E-state index in [2.05, 4.69) is 219 Å². The third kappa shape index (κ3) is 5.39. The van der Waals surface area contributed by atoms with Crippen molar-refractivity contribution in [3.8, 4) is 50.3 Å². The Bertz CT molecular complexity index is 2850. The number of nitrogens with zero attached hydrogens (tertiary/aromatic N) is 1. The van der Waals surface area contributed by atoms with Crippen molar-refractivity contribution in [2.24, 2.45) is 0 Å². The summed E-state index contributed by atoms with van der Waals surface area (Å²) in [7, 11) is 0. The van der Waals surface area contributed by atoms with Gasteiger partial charge in [-0.15, -0.1) is 0 Å². The van der Waals surface area contributed by atoms with E-state index in [0.717, 1.165) is 17.1 Å². The topological polar surface area (TPSA) is 12.5 Å². The second kappa shape index (κ2) is 13.1. The van der Waals surface area contributed by atoms with Crippen molar-refractivity contribution in [2.75, 3.05) is 4.90 Å². The molecule has 8 aromatic rings. The van der Waals surface area contributed by atoms with Gasteiger partial charge in [0.15, 0.2) is 0 Å². The Morgan fingerprint density at radius 2 is 1.07 bits per heavy atom. The lowest BCUT2D eigenvalue weighted by Crippen LogP contribution is -2.29. The second-order valence-corrected chi connectivity index (χ2v) is 16.0. The van der Waals surface area contributed by atoms with E-state index in [1.165, 1.54) is 77.7 Å². The van der Waals surface area contributed by atoms with Crippen LogP contribution in [-0.2, 0) is 5.41 Å². The van der Waals surface area contributed by atoms with Crippen molar-refractivity contribution in [3.05, 3.63) is 223 Å². The lowest BCUT2D eigenvalue weighted by Gasteiger charge is -2.35. The third-order valence-corrected chi connectivity index (χ3v) is 12.4. The van der Waals surface area contributed by atoms with Gasteiger partial charge in [-0.2, -0.15) is 0 Å². The van der Waals surface area contributed by atoms with E-state index in [1.54, 1.807) is 0 Å². The molecule has 0 N–H and O–H groups in total. The van der Waals surface area contributed by atoms with E-state index in [9.17, 15) is 0 Å². The van der Waals surface area contributed by atoms with Gasteiger partial charge >= 0.3 is 0 Å². The zero-order valence-corrected chi connectivity index (χ0v) is 32.1. The summed E-state index contributed by atoms with van der Waals surface area (Å²) >= 11 is 0. The number of benzene rings is 8. The molecule has 1 heterocycles. The minimum atomic E-state index is -0.143. The first-order valence-electron chi connectivity index (χ1n) is 20.0. The normalized spacial score (nSPS) is 16.9. The Labute approximate surface area is 334 Å². The first kappa shape index (κ1) is 33.4. The number of hydrogen-bond donors (Lipinski definition) is 0. The predicted octanol–water partition coefficient (Wildman–Crippen LogP) is 14.3. The molecular weight excluding hydrogens is 691 g/mol. The minimum Gasteiger partial charge on any atom is -0.485 e. The standard InChI is InChI=1S/C55H41NO/c1-55(2)48-26-15-14-24-44(48)45-30-29-42(34-49(45)55)56(41-21-10-5-11-22-41)50-27-16-28-51-54(50)53-46-25-13-12-23-43(46)47(35-52(53)57-51)40-32-38(36-17-6-3-7-18-36)31-39(33-40)37-19-8-4-9-20-37/h3-35,51,54H,1-2H3. The number of fused-ring (bicyclic) bond motifs is 8. The van der Waals surface area contributed by atoms with E-state index >= 15 is 0 Å². The Kier molecular flexibility index (Phi) is 7.69. The van der Waals surface area contributed by atoms with Gasteiger partial charge in [0.2, 0.25) is 0 Å². The fraction of sp³-hybridized carbons (Fsp3) is 0.0909. The number of rotatable bonds is 6. The molecule has 0 spiro atoms. The average Bonchev–Trinajstić information content (AvgIpc) is 3.77. The van der Waals surface area contributed by atoms with E-state index in [0.29, 0.717) is 0 Å². The van der Waals surface area contributed by atoms with Gasteiger partial charge in [-0.1, -0.05) is 153 Å². The van der Waals surface area contributed by atoms with Gasteiger partial charge in [0.05, 0.1) is 5.92 Å². The third-order valence-electron chi connectivity index (χ3n) is 12.4. The van der Waals surface area contributed by atoms with Crippen LogP contribution in [0.25, 0.3) is 55.3 Å². The van der Waals surface area contributed by atoms with Crippen LogP contribution in [0.4, 0.5) is 11.4 Å². The highest BCUT2D eigenvalue weighted by Crippen LogP contribution is 2.55. The van der Waals surface area contributed by atoms with E-state index < -0.39 is 0 Å². The molecule has 2 heteroatoms. The Morgan fingerprint density at radius 1 is 0.474 bits per heavy atom. The van der Waals surface area contributed by atoms with Crippen molar-refractivity contribution in [1.29, 1.82) is 0 Å². The smallest absolute Gasteiger partial charge is 0.130 e. The van der Waals surface area contributed by atoms with Crippen LogP contribution < -0.4 is 9.64 Å². The highest BCUT2D eigenvalue weighted by Gasteiger charge is 2.42. The van der Waals surface area contributed by atoms with Crippen molar-refractivity contribution < 1.29 is 4.74 Å². The number of hydrogen-bond acceptors (Lipinski definition) is 2. The van der Waals surface area contributed by atoms with Gasteiger partial charge in [-0.25, -0.2) is 0 Å². The number of para-hydroxylation sites is 1. The van der Waals surface area contributed by atoms with Gasteiger partial charge < -0.3 is 9.64 Å². The SMILES string of the molecule is CC1(C)c2ccccc2-c2ccc(N(C3=CC=CC4Oc5cc(-c6cc(-c7ccccc7)cc(-c7ccccc7)c6)c6ccccc6c5C34)c3ccccc3)cc21. The Balaban J connectivity index is 1.08. The van der Waals surface area contributed by atoms with Crippen molar-refractivity contribution >= 4 is 22.1 Å². The zero-order valence-electron chi connectivity index (χ0n) is 32.1. The van der Waals surface area contributed by atoms with E-state index in [1.807, 2.05) is 0 Å². The molecule has 0 bridgehead atoms. The van der Waals surface area contributed by atoms with Gasteiger partial charge in [0, 0.05) is 28.1 Å². The molecule has 2 aliphatic carbocycles. The van der Waals surface area contributed by atoms with Crippen LogP contribution in [-0.4, -0.2) is 6.10 Å². The zero-order chi connectivity index (χ0) is 38.1. The summed E-state index contributed by atoms with van der Waals surface area (Å²) in [6.07, 6.45) is 6.58. The predicted molar refractivity (Wildman–Crippen MR) is 237 cm³/mol. The van der Waals surface area contributed by atoms with Crippen LogP contribution in [0.1, 0.15) is 36.5 Å². The molecule has 1 aliphatic heterocycles. The molecule has 0 radical (unpaired) electrons. The Morgan fingerprint density at radius 3 is 1.79 bits per heavy atom. The fourth-order valence-electron chi connectivity index (χ4n) is 9.69. The lowest BCUT2D eigenvalue weighted by atomic mass is 9.81. The van der Waals surface area contributed by atoms with Crippen LogP contribution in [0, 0.1) is 0 Å². The summed E-state index contributed by atoms with van der Waals surface area (Å²) in [4.78, 5) is 2.47. The molecule has 0 aromatic heterocycles. The minimum absolute atomic E-state index is 0.0156. The maximum absolute atomic E-state index is 7.06. The summed E-state index contributed by atoms with van der Waals surface area (Å²) in [5.41, 5.74) is 17.1. The maximum Gasteiger partial charge on any atom is 0.130 e. The van der Waals surface area contributed by atoms with Crippen molar-refractivity contribution in [1.82, 2.24) is 0 Å². The Hall–Kier alpha value is -6.90. The quantitative estimate of drug-likeness (QED) is 0.169. The summed E-state index contributed by atoms with van der Waals surface area (Å²) in [6.45, 7) is 4.71. The molecule has 272 valence electrons. The van der Waals surface area contributed by atoms with E-state index in [-0.39, 0.29) is 17.4 Å². The summed E-state index contributed by atoms with van der Waals surface area (Å²) in [6, 6.07) is 66.4. The molecule has 0 saturated heterocycles. The largest absolute Gasteiger partial charge is 0.485 e. The number of anilines is 2. The molecular formula is C55H41NO. The van der Waals surface area contributed by atoms with Crippen LogP contribution in [0.5, 0.6) is 5.75 Å². The molecule has 0 saturated carbocycles. The fourth-order valence-corrected chi connectivity index (χ4v) is 9.69. The summed E-state index contributed by atoms with van der Waals surface area (Å²) in [5, 5.41) is 2.45. The molecule has 2 atom stereocenters. The monoisotopic (exact) mass is 731 g/mol. The van der Waals surface area contributed by atoms with Crippen LogP contribution in [0.15, 0.2) is 206 Å². The van der Waals surface area contributed by atoms with Crippen LogP contribution in [0.3, 0.4) is 0 Å². The summed E-state index contributed by atoms with van der Waals surface area (Å²) < 4.78 is 7.06. The average molecular weight is 732 g/mol. The van der Waals surface area contributed by atoms with Crippen molar-refractivity contribution in [2.45, 2.75) is 31.3 Å². The first-order valence-corrected chi connectivity index (χ1v) is 20.0. The molecule has 2 nitrogen and oxygen atoms in total. The maximum atomic E-state index is 7.06. The molecule has 0 amide bonds. The van der Waals surface area contributed by atoms with Crippen LogP contribution in [0.2, 0.25) is 0 Å². The number of ether oxygens (including phenoxy) is 1.